The van der Waals surface area contributed by atoms with Gasteiger partial charge in [0.2, 0.25) is 0 Å². The Morgan fingerprint density at radius 2 is 1.95 bits per heavy atom. The van der Waals surface area contributed by atoms with E-state index in [-0.39, 0.29) is 0 Å². The van der Waals surface area contributed by atoms with Crippen molar-refractivity contribution in [2.75, 3.05) is 5.32 Å². The van der Waals surface area contributed by atoms with Crippen LogP contribution in [0.15, 0.2) is 35.2 Å². The number of alkyl halides is 2. The van der Waals surface area contributed by atoms with Gasteiger partial charge in [-0.25, -0.2) is 0 Å². The van der Waals surface area contributed by atoms with Gasteiger partial charge in [-0.15, -0.1) is 0 Å². The summed E-state index contributed by atoms with van der Waals surface area (Å²) in [6.45, 7) is 3.57. The molecule has 108 valence electrons. The van der Waals surface area contributed by atoms with E-state index in [1.807, 2.05) is 6.92 Å². The van der Waals surface area contributed by atoms with Gasteiger partial charge in [0.05, 0.1) is 22.6 Å². The monoisotopic (exact) mass is 305 g/mol. The molecule has 6 heteroatoms. The third kappa shape index (κ3) is 3.70. The lowest BCUT2D eigenvalue weighted by Gasteiger charge is -2.14. The molecule has 21 heavy (non-hydrogen) atoms. The molecule has 0 aliphatic rings. The molecule has 0 amide bonds. The summed E-state index contributed by atoms with van der Waals surface area (Å²) >= 11 is 0.472. The van der Waals surface area contributed by atoms with Crippen LogP contribution < -0.4 is 5.32 Å². The van der Waals surface area contributed by atoms with Gasteiger partial charge in [-0.2, -0.15) is 14.0 Å². The van der Waals surface area contributed by atoms with E-state index in [2.05, 4.69) is 16.4 Å². The zero-order valence-electron chi connectivity index (χ0n) is 11.5. The molecule has 0 unspecified atom stereocenters. The highest BCUT2D eigenvalue weighted by atomic mass is 32.2. The number of para-hydroxylation sites is 1. The maximum absolute atomic E-state index is 12.6. The molecular weight excluding hydrogens is 292 g/mol. The van der Waals surface area contributed by atoms with Crippen LogP contribution in [0.25, 0.3) is 0 Å². The SMILES string of the molecule is Cc1cc(Nc2ccccc2SC(F)F)c(C#N)c(C)n1. The lowest BCUT2D eigenvalue weighted by molar-refractivity contribution is 0.252. The fraction of sp³-hybridized carbons (Fsp3) is 0.200. The number of aromatic nitrogens is 1. The van der Waals surface area contributed by atoms with Crippen LogP contribution in [0.3, 0.4) is 0 Å². The Balaban J connectivity index is 2.42. The van der Waals surface area contributed by atoms with E-state index in [0.29, 0.717) is 39.3 Å². The second-order valence-corrected chi connectivity index (χ2v) is 5.41. The highest BCUT2D eigenvalue weighted by molar-refractivity contribution is 7.99. The van der Waals surface area contributed by atoms with Crippen molar-refractivity contribution in [3.8, 4) is 6.07 Å². The summed E-state index contributed by atoms with van der Waals surface area (Å²) < 4.78 is 25.2. The third-order valence-corrected chi connectivity index (χ3v) is 3.60. The molecule has 0 radical (unpaired) electrons. The Morgan fingerprint density at radius 1 is 1.24 bits per heavy atom. The number of pyridine rings is 1. The molecule has 0 saturated carbocycles. The van der Waals surface area contributed by atoms with Crippen LogP contribution in [0.2, 0.25) is 0 Å². The summed E-state index contributed by atoms with van der Waals surface area (Å²) in [6, 6.07) is 10.6. The van der Waals surface area contributed by atoms with Crippen molar-refractivity contribution in [2.24, 2.45) is 0 Å². The Kier molecular flexibility index (Phi) is 4.76. The second kappa shape index (κ2) is 6.55. The number of aryl methyl sites for hydroxylation is 2. The lowest BCUT2D eigenvalue weighted by Crippen LogP contribution is -2.00. The second-order valence-electron chi connectivity index (χ2n) is 4.38. The Morgan fingerprint density at radius 3 is 2.62 bits per heavy atom. The number of nitrogens with zero attached hydrogens (tertiary/aromatic N) is 2. The zero-order valence-corrected chi connectivity index (χ0v) is 12.3. The number of thioether (sulfide) groups is 1. The fourth-order valence-corrected chi connectivity index (χ4v) is 2.58. The van der Waals surface area contributed by atoms with Gasteiger partial charge in [-0.05, 0) is 32.0 Å². The molecule has 2 aromatic rings. The average Bonchev–Trinajstić information content (AvgIpc) is 2.40. The minimum atomic E-state index is -2.50. The van der Waals surface area contributed by atoms with Crippen molar-refractivity contribution in [1.82, 2.24) is 4.98 Å². The van der Waals surface area contributed by atoms with Crippen LogP contribution in [-0.4, -0.2) is 10.7 Å². The van der Waals surface area contributed by atoms with Crippen molar-refractivity contribution in [1.29, 1.82) is 5.26 Å². The Labute approximate surface area is 126 Å². The van der Waals surface area contributed by atoms with Gasteiger partial charge in [-0.3, -0.25) is 4.98 Å². The van der Waals surface area contributed by atoms with Gasteiger partial charge in [0, 0.05) is 10.6 Å². The van der Waals surface area contributed by atoms with Gasteiger partial charge in [0.1, 0.15) is 6.07 Å². The van der Waals surface area contributed by atoms with E-state index in [1.165, 1.54) is 0 Å². The maximum Gasteiger partial charge on any atom is 0.288 e. The van der Waals surface area contributed by atoms with Gasteiger partial charge in [0.25, 0.3) is 5.76 Å². The number of nitrogens with one attached hydrogen (secondary N) is 1. The van der Waals surface area contributed by atoms with Crippen LogP contribution in [0.1, 0.15) is 17.0 Å². The van der Waals surface area contributed by atoms with Gasteiger partial charge in [0.15, 0.2) is 0 Å². The molecule has 1 N–H and O–H groups in total. The van der Waals surface area contributed by atoms with E-state index in [9.17, 15) is 14.0 Å². The Bertz CT molecular complexity index is 696. The van der Waals surface area contributed by atoms with Crippen molar-refractivity contribution in [3.63, 3.8) is 0 Å². The molecule has 0 aliphatic heterocycles. The molecule has 0 saturated heterocycles. The smallest absolute Gasteiger partial charge is 0.288 e. The lowest BCUT2D eigenvalue weighted by atomic mass is 10.1. The van der Waals surface area contributed by atoms with Crippen LogP contribution >= 0.6 is 11.8 Å². The molecule has 0 atom stereocenters. The molecular formula is C15H13F2N3S. The van der Waals surface area contributed by atoms with E-state index in [4.69, 9.17) is 0 Å². The molecule has 0 aliphatic carbocycles. The minimum Gasteiger partial charge on any atom is -0.353 e. The molecule has 0 bridgehead atoms. The van der Waals surface area contributed by atoms with Crippen molar-refractivity contribution in [2.45, 2.75) is 24.5 Å². The fourth-order valence-electron chi connectivity index (χ4n) is 1.98. The summed E-state index contributed by atoms with van der Waals surface area (Å²) in [6.07, 6.45) is 0. The van der Waals surface area contributed by atoms with Gasteiger partial charge < -0.3 is 5.32 Å². The topological polar surface area (TPSA) is 48.7 Å². The number of hydrogen-bond donors (Lipinski definition) is 1. The predicted octanol–water partition coefficient (Wildman–Crippen LogP) is 4.63. The zero-order chi connectivity index (χ0) is 15.4. The number of hydrogen-bond acceptors (Lipinski definition) is 4. The van der Waals surface area contributed by atoms with Gasteiger partial charge >= 0.3 is 0 Å². The molecule has 2 rings (SSSR count). The quantitative estimate of drug-likeness (QED) is 0.837. The third-order valence-electron chi connectivity index (χ3n) is 2.81. The average molecular weight is 305 g/mol. The number of rotatable bonds is 4. The summed E-state index contributed by atoms with van der Waals surface area (Å²) in [7, 11) is 0. The number of halogens is 2. The first-order valence-electron chi connectivity index (χ1n) is 6.20. The van der Waals surface area contributed by atoms with Crippen molar-refractivity contribution >= 4 is 23.1 Å². The molecule has 1 heterocycles. The van der Waals surface area contributed by atoms with E-state index < -0.39 is 5.76 Å². The molecule has 0 spiro atoms. The van der Waals surface area contributed by atoms with Crippen LogP contribution in [0.4, 0.5) is 20.2 Å². The first-order chi connectivity index (χ1) is 10.0. The van der Waals surface area contributed by atoms with Gasteiger partial charge in [-0.1, -0.05) is 23.9 Å². The van der Waals surface area contributed by atoms with Crippen molar-refractivity contribution in [3.05, 3.63) is 47.3 Å². The van der Waals surface area contributed by atoms with E-state index in [0.717, 1.165) is 5.69 Å². The maximum atomic E-state index is 12.6. The summed E-state index contributed by atoms with van der Waals surface area (Å²) in [4.78, 5) is 4.66. The van der Waals surface area contributed by atoms with Crippen LogP contribution in [0, 0.1) is 25.2 Å². The van der Waals surface area contributed by atoms with Crippen molar-refractivity contribution < 1.29 is 8.78 Å². The molecule has 0 fully saturated rings. The summed E-state index contributed by atoms with van der Waals surface area (Å²) in [5.41, 5.74) is 2.90. The number of nitriles is 1. The largest absolute Gasteiger partial charge is 0.353 e. The first-order valence-corrected chi connectivity index (χ1v) is 7.08. The van der Waals surface area contributed by atoms with Crippen LogP contribution in [0.5, 0.6) is 0 Å². The summed E-state index contributed by atoms with van der Waals surface area (Å²) in [5.74, 6) is -2.50. The number of benzene rings is 1. The number of anilines is 2. The molecule has 3 nitrogen and oxygen atoms in total. The van der Waals surface area contributed by atoms with E-state index in [1.54, 1.807) is 37.3 Å². The highest BCUT2D eigenvalue weighted by Gasteiger charge is 2.13. The first kappa shape index (κ1) is 15.3. The summed E-state index contributed by atoms with van der Waals surface area (Å²) in [5, 5.41) is 12.3. The van der Waals surface area contributed by atoms with Crippen LogP contribution in [-0.2, 0) is 0 Å². The molecule has 1 aromatic heterocycles. The molecule has 1 aromatic carbocycles. The normalized spacial score (nSPS) is 10.5. The minimum absolute atomic E-state index is 0.414. The van der Waals surface area contributed by atoms with E-state index >= 15 is 0 Å². The highest BCUT2D eigenvalue weighted by Crippen LogP contribution is 2.34. The predicted molar refractivity (Wildman–Crippen MR) is 80.0 cm³/mol. The Hall–Kier alpha value is -2.13. The standard InChI is InChI=1S/C15H13F2N3S/c1-9-7-13(11(8-18)10(2)19-9)20-12-5-3-4-6-14(12)21-15(16)17/h3-7,15H,1-2H3,(H,19,20).